The first-order valence-electron chi connectivity index (χ1n) is 19.8. The summed E-state index contributed by atoms with van der Waals surface area (Å²) in [6, 6.07) is 76.4. The number of fused-ring (bicyclic) bond motifs is 11. The topological polar surface area (TPSA) is 6.48 Å². The summed E-state index contributed by atoms with van der Waals surface area (Å²) in [4.78, 5) is 4.86. The van der Waals surface area contributed by atoms with Crippen LogP contribution in [-0.4, -0.2) is 0 Å². The van der Waals surface area contributed by atoms with Gasteiger partial charge >= 0.3 is 0 Å². The van der Waals surface area contributed by atoms with Crippen molar-refractivity contribution in [1.29, 1.82) is 0 Å². The highest BCUT2D eigenvalue weighted by Gasteiger charge is 2.52. The van der Waals surface area contributed by atoms with E-state index in [-0.39, 0.29) is 0 Å². The van der Waals surface area contributed by atoms with Crippen LogP contribution < -0.4 is 9.80 Å². The molecule has 2 nitrogen and oxygen atoms in total. The molecule has 57 heavy (non-hydrogen) atoms. The lowest BCUT2D eigenvalue weighted by atomic mass is 9.70. The SMILES string of the molecule is Cc1cccc(N(c2ccccc2)c2ccc3c(c2)C2(c4ccccc4-c4ccccc42)c2cc(N(c4cccc(C)c4)c4cccc5ccccc45)ccc2-3)c1. The first-order chi connectivity index (χ1) is 28.1. The van der Waals surface area contributed by atoms with Gasteiger partial charge in [-0.25, -0.2) is 0 Å². The molecule has 0 fully saturated rings. The second-order valence-electron chi connectivity index (χ2n) is 15.5. The lowest BCUT2D eigenvalue weighted by Crippen LogP contribution is -2.26. The molecule has 270 valence electrons. The summed E-state index contributed by atoms with van der Waals surface area (Å²) in [6.45, 7) is 4.35. The number of rotatable bonds is 6. The number of benzene rings is 9. The Balaban J connectivity index is 1.20. The van der Waals surface area contributed by atoms with Crippen LogP contribution in [0.5, 0.6) is 0 Å². The maximum absolute atomic E-state index is 2.49. The zero-order valence-electron chi connectivity index (χ0n) is 32.0. The van der Waals surface area contributed by atoms with Gasteiger partial charge in [-0.15, -0.1) is 0 Å². The van der Waals surface area contributed by atoms with E-state index in [0.29, 0.717) is 0 Å². The highest BCUT2D eigenvalue weighted by atomic mass is 15.1. The standard InChI is InChI=1S/C55H40N2/c1-37-15-12-21-41(33-37)56(40-19-4-3-5-20-40)43-29-31-48-49-32-30-44(57(42-22-13-16-38(2)34-42)54-28-14-18-39-17-6-7-23-45(39)54)36-53(49)55(52(48)35-43)50-26-10-8-24-46(50)47-25-9-11-27-51(47)55/h3-36H,1-2H3. The van der Waals surface area contributed by atoms with Gasteiger partial charge in [0, 0.05) is 33.8 Å². The molecular weight excluding hydrogens is 689 g/mol. The van der Waals surface area contributed by atoms with Crippen molar-refractivity contribution >= 4 is 44.9 Å². The van der Waals surface area contributed by atoms with E-state index in [1.54, 1.807) is 0 Å². The van der Waals surface area contributed by atoms with Gasteiger partial charge in [-0.05, 0) is 142 Å². The molecule has 0 unspecified atom stereocenters. The van der Waals surface area contributed by atoms with Crippen molar-refractivity contribution in [2.45, 2.75) is 19.3 Å². The molecule has 1 spiro atoms. The minimum atomic E-state index is -0.532. The van der Waals surface area contributed by atoms with E-state index < -0.39 is 5.41 Å². The van der Waals surface area contributed by atoms with E-state index in [1.807, 2.05) is 0 Å². The molecule has 0 bridgehead atoms. The molecule has 0 amide bonds. The van der Waals surface area contributed by atoms with Crippen molar-refractivity contribution in [3.63, 3.8) is 0 Å². The molecule has 2 heteroatoms. The lowest BCUT2D eigenvalue weighted by molar-refractivity contribution is 0.793. The predicted molar refractivity (Wildman–Crippen MR) is 239 cm³/mol. The van der Waals surface area contributed by atoms with Gasteiger partial charge in [0.25, 0.3) is 0 Å². The van der Waals surface area contributed by atoms with Gasteiger partial charge in [-0.2, -0.15) is 0 Å². The first-order valence-corrected chi connectivity index (χ1v) is 19.8. The molecule has 0 radical (unpaired) electrons. The molecule has 2 aliphatic rings. The van der Waals surface area contributed by atoms with E-state index in [1.165, 1.54) is 66.4 Å². The molecule has 0 atom stereocenters. The van der Waals surface area contributed by atoms with Gasteiger partial charge in [0.2, 0.25) is 0 Å². The summed E-state index contributed by atoms with van der Waals surface area (Å²) in [7, 11) is 0. The van der Waals surface area contributed by atoms with E-state index >= 15 is 0 Å². The molecule has 0 aromatic heterocycles. The van der Waals surface area contributed by atoms with Crippen LogP contribution in [-0.2, 0) is 5.41 Å². The van der Waals surface area contributed by atoms with Crippen molar-refractivity contribution in [1.82, 2.24) is 0 Å². The molecule has 9 aromatic rings. The number of aryl methyl sites for hydroxylation is 2. The number of nitrogens with zero attached hydrogens (tertiary/aromatic N) is 2. The number of anilines is 6. The molecule has 2 aliphatic carbocycles. The Morgan fingerprint density at radius 1 is 0.316 bits per heavy atom. The quantitative estimate of drug-likeness (QED) is 0.168. The molecule has 9 aromatic carbocycles. The monoisotopic (exact) mass is 728 g/mol. The van der Waals surface area contributed by atoms with Crippen LogP contribution in [0.2, 0.25) is 0 Å². The summed E-state index contributed by atoms with van der Waals surface area (Å²) < 4.78 is 0. The summed E-state index contributed by atoms with van der Waals surface area (Å²) in [6.07, 6.45) is 0. The molecule has 11 rings (SSSR count). The molecule has 0 N–H and O–H groups in total. The number of para-hydroxylation sites is 1. The van der Waals surface area contributed by atoms with Crippen molar-refractivity contribution in [3.05, 3.63) is 240 Å². The Kier molecular flexibility index (Phi) is 7.55. The molecule has 0 saturated carbocycles. The first kappa shape index (κ1) is 33.2. The number of hydrogen-bond donors (Lipinski definition) is 0. The van der Waals surface area contributed by atoms with Crippen LogP contribution in [0.3, 0.4) is 0 Å². The summed E-state index contributed by atoms with van der Waals surface area (Å²) in [5.74, 6) is 0. The molecule has 0 saturated heterocycles. The van der Waals surface area contributed by atoms with Crippen LogP contribution in [0.15, 0.2) is 206 Å². The van der Waals surface area contributed by atoms with E-state index in [2.05, 4.69) is 230 Å². The average Bonchev–Trinajstić information content (AvgIpc) is 3.71. The fourth-order valence-electron chi connectivity index (χ4n) is 9.78. The smallest absolute Gasteiger partial charge is 0.0727 e. The second kappa shape index (κ2) is 13.0. The van der Waals surface area contributed by atoms with Crippen molar-refractivity contribution in [2.24, 2.45) is 0 Å². The van der Waals surface area contributed by atoms with Gasteiger partial charge in [0.1, 0.15) is 0 Å². The molecule has 0 heterocycles. The minimum Gasteiger partial charge on any atom is -0.310 e. The van der Waals surface area contributed by atoms with E-state index in [4.69, 9.17) is 0 Å². The normalized spacial score (nSPS) is 12.9. The lowest BCUT2D eigenvalue weighted by Gasteiger charge is -2.33. The molecule has 0 aliphatic heterocycles. The highest BCUT2D eigenvalue weighted by Crippen LogP contribution is 2.64. The zero-order valence-corrected chi connectivity index (χ0v) is 32.0. The maximum atomic E-state index is 2.49. The fraction of sp³-hybridized carbons (Fsp3) is 0.0545. The summed E-state index contributed by atoms with van der Waals surface area (Å²) in [5, 5.41) is 2.44. The van der Waals surface area contributed by atoms with Crippen molar-refractivity contribution < 1.29 is 0 Å². The number of hydrogen-bond acceptors (Lipinski definition) is 2. The summed E-state index contributed by atoms with van der Waals surface area (Å²) in [5.41, 5.74) is 19.2. The van der Waals surface area contributed by atoms with Crippen LogP contribution >= 0.6 is 0 Å². The largest absolute Gasteiger partial charge is 0.310 e. The fourth-order valence-corrected chi connectivity index (χ4v) is 9.78. The Bertz CT molecular complexity index is 2960. The van der Waals surface area contributed by atoms with Gasteiger partial charge in [-0.3, -0.25) is 0 Å². The third kappa shape index (κ3) is 5.04. The van der Waals surface area contributed by atoms with Crippen LogP contribution in [0.4, 0.5) is 34.1 Å². The van der Waals surface area contributed by atoms with Gasteiger partial charge in [0.15, 0.2) is 0 Å². The molecular formula is C55H40N2. The van der Waals surface area contributed by atoms with E-state index in [9.17, 15) is 0 Å². The van der Waals surface area contributed by atoms with Gasteiger partial charge in [-0.1, -0.05) is 140 Å². The Labute approximate surface area is 334 Å². The maximum Gasteiger partial charge on any atom is 0.0727 e. The van der Waals surface area contributed by atoms with Crippen LogP contribution in [0, 0.1) is 13.8 Å². The van der Waals surface area contributed by atoms with Gasteiger partial charge in [0.05, 0.1) is 11.1 Å². The van der Waals surface area contributed by atoms with Crippen LogP contribution in [0.25, 0.3) is 33.0 Å². The Morgan fingerprint density at radius 2 is 0.772 bits per heavy atom. The van der Waals surface area contributed by atoms with Gasteiger partial charge < -0.3 is 9.80 Å². The highest BCUT2D eigenvalue weighted by molar-refractivity contribution is 6.01. The second-order valence-corrected chi connectivity index (χ2v) is 15.5. The Hall–Kier alpha value is -7.16. The summed E-state index contributed by atoms with van der Waals surface area (Å²) >= 11 is 0. The third-order valence-electron chi connectivity index (χ3n) is 12.1. The zero-order chi connectivity index (χ0) is 38.1. The Morgan fingerprint density at radius 3 is 1.40 bits per heavy atom. The van der Waals surface area contributed by atoms with Crippen molar-refractivity contribution in [2.75, 3.05) is 9.80 Å². The predicted octanol–water partition coefficient (Wildman–Crippen LogP) is 14.7. The van der Waals surface area contributed by atoms with Crippen LogP contribution in [0.1, 0.15) is 33.4 Å². The minimum absolute atomic E-state index is 0.532. The third-order valence-corrected chi connectivity index (χ3v) is 12.1. The van der Waals surface area contributed by atoms with E-state index in [0.717, 1.165) is 34.1 Å². The average molecular weight is 729 g/mol. The van der Waals surface area contributed by atoms with Crippen molar-refractivity contribution in [3.8, 4) is 22.3 Å².